The molecule has 142 valence electrons. The quantitative estimate of drug-likeness (QED) is 0.442. The van der Waals surface area contributed by atoms with Crippen LogP contribution in [0.4, 0.5) is 0 Å². The molecule has 0 N–H and O–H groups in total. The van der Waals surface area contributed by atoms with Gasteiger partial charge in [-0.15, -0.1) is 0 Å². The van der Waals surface area contributed by atoms with Crippen LogP contribution < -0.4 is 4.74 Å². The normalized spacial score (nSPS) is 11.8. The van der Waals surface area contributed by atoms with E-state index in [-0.39, 0.29) is 4.90 Å². The van der Waals surface area contributed by atoms with E-state index in [1.165, 1.54) is 7.11 Å². The molecule has 0 unspecified atom stereocenters. The van der Waals surface area contributed by atoms with Gasteiger partial charge in [0.15, 0.2) is 0 Å². The lowest BCUT2D eigenvalue weighted by Crippen LogP contribution is -2.06. The first kappa shape index (κ1) is 18.5. The Morgan fingerprint density at radius 2 is 1.46 bits per heavy atom. The summed E-state index contributed by atoms with van der Waals surface area (Å²) in [6.07, 6.45) is 0. The van der Waals surface area contributed by atoms with Crippen LogP contribution in [-0.2, 0) is 14.3 Å². The number of aryl methyl sites for hydroxylation is 1. The molecular weight excluding hydrogens is 372 g/mol. The summed E-state index contributed by atoms with van der Waals surface area (Å²) in [5.41, 5.74) is 2.46. The van der Waals surface area contributed by atoms with Gasteiger partial charge in [0, 0.05) is 11.1 Å². The van der Waals surface area contributed by atoms with E-state index in [9.17, 15) is 8.42 Å². The molecule has 4 aromatic rings. The van der Waals surface area contributed by atoms with Crippen molar-refractivity contribution < 1.29 is 17.3 Å². The summed E-state index contributed by atoms with van der Waals surface area (Å²) in [7, 11) is -1.16. The molecule has 0 aliphatic carbocycles. The van der Waals surface area contributed by atoms with Gasteiger partial charge in [-0.05, 0) is 40.6 Å². The van der Waals surface area contributed by atoms with E-state index < -0.39 is 10.1 Å². The Balaban J connectivity index is 2.25. The SMILES string of the molecule is COc1ccc2cc(C)ccc2c1-c1c(S(=O)(=O)OC)ccc2ccccc12. The molecule has 0 aromatic heterocycles. The maximum atomic E-state index is 12.8. The largest absolute Gasteiger partial charge is 0.496 e. The van der Waals surface area contributed by atoms with Gasteiger partial charge in [0.25, 0.3) is 10.1 Å². The Labute approximate surface area is 164 Å². The Morgan fingerprint density at radius 1 is 0.750 bits per heavy atom. The van der Waals surface area contributed by atoms with Crippen LogP contribution in [0.5, 0.6) is 5.75 Å². The van der Waals surface area contributed by atoms with Crippen LogP contribution in [0.1, 0.15) is 5.56 Å². The standard InChI is InChI=1S/C23H20O4S/c1-15-8-11-19-17(14-15)9-12-20(26-2)22(19)23-18-7-5-4-6-16(18)10-13-21(23)28(24,25)27-3/h4-14H,1-3H3. The molecule has 0 radical (unpaired) electrons. The Morgan fingerprint density at radius 3 is 2.21 bits per heavy atom. The highest BCUT2D eigenvalue weighted by molar-refractivity contribution is 7.87. The van der Waals surface area contributed by atoms with E-state index >= 15 is 0 Å². The minimum atomic E-state index is -3.93. The molecule has 0 heterocycles. The Bertz CT molecular complexity index is 1310. The van der Waals surface area contributed by atoms with Crippen LogP contribution in [0.3, 0.4) is 0 Å². The maximum absolute atomic E-state index is 12.8. The third-order valence-electron chi connectivity index (χ3n) is 4.99. The summed E-state index contributed by atoms with van der Waals surface area (Å²) < 4.78 is 36.1. The number of hydrogen-bond donors (Lipinski definition) is 0. The molecule has 0 bridgehead atoms. The number of methoxy groups -OCH3 is 1. The van der Waals surface area contributed by atoms with Crippen LogP contribution in [0.2, 0.25) is 0 Å². The van der Waals surface area contributed by atoms with Crippen molar-refractivity contribution in [3.8, 4) is 16.9 Å². The van der Waals surface area contributed by atoms with Gasteiger partial charge in [-0.2, -0.15) is 8.42 Å². The predicted molar refractivity (Wildman–Crippen MR) is 112 cm³/mol. The smallest absolute Gasteiger partial charge is 0.297 e. The molecule has 5 heteroatoms. The fourth-order valence-electron chi connectivity index (χ4n) is 3.66. The molecule has 0 amide bonds. The Kier molecular flexibility index (Phi) is 4.57. The molecule has 0 aliphatic rings. The van der Waals surface area contributed by atoms with Crippen molar-refractivity contribution in [3.63, 3.8) is 0 Å². The molecule has 0 spiro atoms. The number of rotatable bonds is 4. The summed E-state index contributed by atoms with van der Waals surface area (Å²) in [4.78, 5) is 0.125. The van der Waals surface area contributed by atoms with E-state index in [2.05, 4.69) is 6.07 Å². The monoisotopic (exact) mass is 392 g/mol. The van der Waals surface area contributed by atoms with Crippen molar-refractivity contribution in [3.05, 3.63) is 72.3 Å². The molecule has 0 saturated heterocycles. The summed E-state index contributed by atoms with van der Waals surface area (Å²) in [5, 5.41) is 3.71. The van der Waals surface area contributed by atoms with Gasteiger partial charge < -0.3 is 4.74 Å². The molecular formula is C23H20O4S. The molecule has 0 fully saturated rings. The first-order valence-corrected chi connectivity index (χ1v) is 10.3. The van der Waals surface area contributed by atoms with E-state index in [1.807, 2.05) is 55.5 Å². The van der Waals surface area contributed by atoms with Crippen molar-refractivity contribution in [2.75, 3.05) is 14.2 Å². The van der Waals surface area contributed by atoms with Crippen LogP contribution in [-0.4, -0.2) is 22.6 Å². The number of hydrogen-bond acceptors (Lipinski definition) is 4. The topological polar surface area (TPSA) is 52.6 Å². The van der Waals surface area contributed by atoms with Crippen LogP contribution >= 0.6 is 0 Å². The molecule has 0 aliphatic heterocycles. The van der Waals surface area contributed by atoms with Crippen molar-refractivity contribution >= 4 is 31.7 Å². The third-order valence-corrected chi connectivity index (χ3v) is 6.30. The van der Waals surface area contributed by atoms with Gasteiger partial charge in [-0.1, -0.05) is 60.2 Å². The molecule has 4 aromatic carbocycles. The number of fused-ring (bicyclic) bond motifs is 2. The van der Waals surface area contributed by atoms with Gasteiger partial charge in [-0.3, -0.25) is 4.18 Å². The molecule has 4 rings (SSSR count). The second-order valence-corrected chi connectivity index (χ2v) is 8.33. The summed E-state index contributed by atoms with van der Waals surface area (Å²) in [6.45, 7) is 2.03. The van der Waals surface area contributed by atoms with E-state index in [0.29, 0.717) is 11.3 Å². The average molecular weight is 392 g/mol. The van der Waals surface area contributed by atoms with Gasteiger partial charge in [-0.25, -0.2) is 0 Å². The zero-order valence-corrected chi connectivity index (χ0v) is 16.7. The maximum Gasteiger partial charge on any atom is 0.297 e. The average Bonchev–Trinajstić information content (AvgIpc) is 2.72. The van der Waals surface area contributed by atoms with E-state index in [4.69, 9.17) is 8.92 Å². The van der Waals surface area contributed by atoms with Gasteiger partial charge in [0.05, 0.1) is 14.2 Å². The lowest BCUT2D eigenvalue weighted by molar-refractivity contribution is 0.398. The zero-order valence-electron chi connectivity index (χ0n) is 15.9. The predicted octanol–water partition coefficient (Wildman–Crippen LogP) is 5.31. The number of ether oxygens (including phenoxy) is 1. The fraction of sp³-hybridized carbons (Fsp3) is 0.130. The first-order valence-electron chi connectivity index (χ1n) is 8.86. The van der Waals surface area contributed by atoms with Crippen molar-refractivity contribution in [2.45, 2.75) is 11.8 Å². The molecule has 28 heavy (non-hydrogen) atoms. The van der Waals surface area contributed by atoms with Gasteiger partial charge >= 0.3 is 0 Å². The molecule has 0 saturated carbocycles. The highest BCUT2D eigenvalue weighted by atomic mass is 32.2. The highest BCUT2D eigenvalue weighted by Gasteiger charge is 2.24. The van der Waals surface area contributed by atoms with Gasteiger partial charge in [0.1, 0.15) is 10.6 Å². The third kappa shape index (κ3) is 2.93. The second kappa shape index (κ2) is 6.93. The Hall–Kier alpha value is -2.89. The lowest BCUT2D eigenvalue weighted by atomic mass is 9.92. The first-order chi connectivity index (χ1) is 13.5. The van der Waals surface area contributed by atoms with Crippen LogP contribution in [0.15, 0.2) is 71.6 Å². The summed E-state index contributed by atoms with van der Waals surface area (Å²) in [6, 6.07) is 21.1. The summed E-state index contributed by atoms with van der Waals surface area (Å²) in [5.74, 6) is 0.611. The van der Waals surface area contributed by atoms with Crippen molar-refractivity contribution in [1.82, 2.24) is 0 Å². The minimum absolute atomic E-state index is 0.125. The van der Waals surface area contributed by atoms with E-state index in [0.717, 1.165) is 32.7 Å². The van der Waals surface area contributed by atoms with Crippen LogP contribution in [0, 0.1) is 6.92 Å². The van der Waals surface area contributed by atoms with E-state index in [1.54, 1.807) is 19.2 Å². The van der Waals surface area contributed by atoms with Crippen LogP contribution in [0.25, 0.3) is 32.7 Å². The lowest BCUT2D eigenvalue weighted by Gasteiger charge is -2.18. The second-order valence-electron chi connectivity index (χ2n) is 6.65. The zero-order chi connectivity index (χ0) is 19.9. The highest BCUT2D eigenvalue weighted by Crippen LogP contribution is 2.44. The fourth-order valence-corrected chi connectivity index (χ4v) is 4.54. The summed E-state index contributed by atoms with van der Waals surface area (Å²) >= 11 is 0. The van der Waals surface area contributed by atoms with Crippen molar-refractivity contribution in [1.29, 1.82) is 0 Å². The van der Waals surface area contributed by atoms with Gasteiger partial charge in [0.2, 0.25) is 0 Å². The van der Waals surface area contributed by atoms with Crippen molar-refractivity contribution in [2.24, 2.45) is 0 Å². The number of benzene rings is 4. The molecule has 0 atom stereocenters. The molecule has 4 nitrogen and oxygen atoms in total. The minimum Gasteiger partial charge on any atom is -0.496 e.